The van der Waals surface area contributed by atoms with Crippen LogP contribution in [0.4, 0.5) is 0 Å². The van der Waals surface area contributed by atoms with Crippen LogP contribution in [0.3, 0.4) is 0 Å². The van der Waals surface area contributed by atoms with Crippen molar-refractivity contribution in [3.8, 4) is 0 Å². The molecular weight excluding hydrogens is 210 g/mol. The van der Waals surface area contributed by atoms with Gasteiger partial charge in [-0.2, -0.15) is 0 Å². The molecule has 0 bridgehead atoms. The van der Waals surface area contributed by atoms with Gasteiger partial charge in [-0.05, 0) is 18.4 Å². The smallest absolute Gasteiger partial charge is 0.358 e. The Morgan fingerprint density at radius 2 is 2.31 bits per heavy atom. The molecule has 70 valence electrons. The highest BCUT2D eigenvalue weighted by molar-refractivity contribution is 7.98. The molecule has 0 spiro atoms. The molecule has 0 unspecified atom stereocenters. The summed E-state index contributed by atoms with van der Waals surface area (Å²) in [5.74, 6) is -0.513. The summed E-state index contributed by atoms with van der Waals surface area (Å²) in [6.45, 7) is 0. The van der Waals surface area contributed by atoms with Gasteiger partial charge in [0.05, 0.1) is 17.2 Å². The summed E-state index contributed by atoms with van der Waals surface area (Å²) in [6.07, 6.45) is 1.87. The Labute approximate surface area is 85.4 Å². The van der Waals surface area contributed by atoms with Crippen molar-refractivity contribution in [3.05, 3.63) is 22.8 Å². The fourth-order valence-electron chi connectivity index (χ4n) is 0.778. The zero-order valence-electron chi connectivity index (χ0n) is 7.20. The molecule has 0 N–H and O–H groups in total. The SMILES string of the molecule is COC(=O)c1nc(SC)ccc1Cl. The first kappa shape index (κ1) is 10.3. The number of ether oxygens (including phenoxy) is 1. The van der Waals surface area contributed by atoms with Gasteiger partial charge in [0.15, 0.2) is 5.69 Å². The van der Waals surface area contributed by atoms with E-state index in [4.69, 9.17) is 11.6 Å². The third-order valence-corrected chi connectivity index (χ3v) is 2.36. The van der Waals surface area contributed by atoms with Gasteiger partial charge < -0.3 is 4.74 Å². The molecular formula is C8H8ClNO2S. The molecule has 0 aliphatic heterocycles. The number of esters is 1. The first-order valence-electron chi connectivity index (χ1n) is 3.48. The minimum Gasteiger partial charge on any atom is -0.464 e. The summed E-state index contributed by atoms with van der Waals surface area (Å²) < 4.78 is 4.52. The van der Waals surface area contributed by atoms with Crippen LogP contribution >= 0.6 is 23.4 Å². The fourth-order valence-corrected chi connectivity index (χ4v) is 1.35. The number of rotatable bonds is 2. The van der Waals surface area contributed by atoms with Crippen LogP contribution in [0.15, 0.2) is 17.2 Å². The van der Waals surface area contributed by atoms with Gasteiger partial charge in [-0.3, -0.25) is 0 Å². The van der Waals surface area contributed by atoms with E-state index in [0.717, 1.165) is 5.03 Å². The Kier molecular flexibility index (Phi) is 3.57. The highest BCUT2D eigenvalue weighted by atomic mass is 35.5. The lowest BCUT2D eigenvalue weighted by atomic mass is 10.3. The van der Waals surface area contributed by atoms with E-state index in [-0.39, 0.29) is 5.69 Å². The Morgan fingerprint density at radius 3 is 2.85 bits per heavy atom. The van der Waals surface area contributed by atoms with Crippen molar-refractivity contribution < 1.29 is 9.53 Å². The monoisotopic (exact) mass is 217 g/mol. The Bertz CT molecular complexity index is 330. The minimum absolute atomic E-state index is 0.163. The van der Waals surface area contributed by atoms with E-state index in [1.807, 2.05) is 6.26 Å². The second-order valence-corrected chi connectivity index (χ2v) is 3.41. The van der Waals surface area contributed by atoms with Crippen LogP contribution in [-0.4, -0.2) is 24.3 Å². The molecule has 1 heterocycles. The highest BCUT2D eigenvalue weighted by Crippen LogP contribution is 2.19. The normalized spacial score (nSPS) is 9.77. The summed E-state index contributed by atoms with van der Waals surface area (Å²) >= 11 is 7.20. The van der Waals surface area contributed by atoms with Crippen LogP contribution in [0.1, 0.15) is 10.5 Å². The number of aromatic nitrogens is 1. The van der Waals surface area contributed by atoms with Gasteiger partial charge in [0, 0.05) is 0 Å². The van der Waals surface area contributed by atoms with Crippen molar-refractivity contribution in [1.29, 1.82) is 0 Å². The molecule has 1 aromatic rings. The molecule has 0 aromatic carbocycles. The molecule has 1 rings (SSSR count). The Morgan fingerprint density at radius 1 is 1.62 bits per heavy atom. The molecule has 0 aliphatic carbocycles. The average Bonchev–Trinajstić information content (AvgIpc) is 2.17. The van der Waals surface area contributed by atoms with Gasteiger partial charge >= 0.3 is 5.97 Å². The van der Waals surface area contributed by atoms with Crippen molar-refractivity contribution in [3.63, 3.8) is 0 Å². The van der Waals surface area contributed by atoms with Gasteiger partial charge in [0.2, 0.25) is 0 Å². The largest absolute Gasteiger partial charge is 0.464 e. The number of carbonyl (C=O) groups excluding carboxylic acids is 1. The number of nitrogens with zero attached hydrogens (tertiary/aromatic N) is 1. The molecule has 5 heteroatoms. The van der Waals surface area contributed by atoms with E-state index in [9.17, 15) is 4.79 Å². The maximum atomic E-state index is 11.1. The van der Waals surface area contributed by atoms with Crippen molar-refractivity contribution in [1.82, 2.24) is 4.98 Å². The molecule has 0 amide bonds. The van der Waals surface area contributed by atoms with E-state index >= 15 is 0 Å². The molecule has 3 nitrogen and oxygen atoms in total. The number of thioether (sulfide) groups is 1. The van der Waals surface area contributed by atoms with Gasteiger partial charge in [-0.15, -0.1) is 11.8 Å². The average molecular weight is 218 g/mol. The van der Waals surface area contributed by atoms with Crippen LogP contribution in [0, 0.1) is 0 Å². The third-order valence-electron chi connectivity index (χ3n) is 1.41. The number of carbonyl (C=O) groups is 1. The van der Waals surface area contributed by atoms with E-state index in [1.165, 1.54) is 18.9 Å². The maximum absolute atomic E-state index is 11.1. The number of hydrogen-bond acceptors (Lipinski definition) is 4. The van der Waals surface area contributed by atoms with Crippen LogP contribution in [-0.2, 0) is 4.74 Å². The lowest BCUT2D eigenvalue weighted by Crippen LogP contribution is -2.05. The van der Waals surface area contributed by atoms with E-state index in [2.05, 4.69) is 9.72 Å². The molecule has 0 fully saturated rings. The van der Waals surface area contributed by atoms with Gasteiger partial charge in [0.25, 0.3) is 0 Å². The second kappa shape index (κ2) is 4.48. The number of pyridine rings is 1. The summed E-state index contributed by atoms with van der Waals surface area (Å²) in [7, 11) is 1.30. The zero-order valence-corrected chi connectivity index (χ0v) is 8.78. The van der Waals surface area contributed by atoms with Gasteiger partial charge in [0.1, 0.15) is 0 Å². The van der Waals surface area contributed by atoms with Gasteiger partial charge in [-0.25, -0.2) is 9.78 Å². The molecule has 0 aliphatic rings. The van der Waals surface area contributed by atoms with E-state index < -0.39 is 5.97 Å². The summed E-state index contributed by atoms with van der Waals surface area (Å²) in [6, 6.07) is 3.38. The van der Waals surface area contributed by atoms with E-state index in [0.29, 0.717) is 5.02 Å². The predicted molar refractivity (Wildman–Crippen MR) is 52.4 cm³/mol. The van der Waals surface area contributed by atoms with Crippen LogP contribution in [0.2, 0.25) is 5.02 Å². The van der Waals surface area contributed by atoms with Crippen molar-refractivity contribution in [2.75, 3.05) is 13.4 Å². The standard InChI is InChI=1S/C8H8ClNO2S/c1-12-8(11)7-5(9)3-4-6(10-7)13-2/h3-4H,1-2H3. The first-order valence-corrected chi connectivity index (χ1v) is 5.08. The summed E-state index contributed by atoms with van der Waals surface area (Å²) in [5, 5.41) is 1.05. The van der Waals surface area contributed by atoms with E-state index in [1.54, 1.807) is 12.1 Å². The maximum Gasteiger partial charge on any atom is 0.358 e. The van der Waals surface area contributed by atoms with Crippen LogP contribution in [0.25, 0.3) is 0 Å². The first-order chi connectivity index (χ1) is 6.19. The molecule has 13 heavy (non-hydrogen) atoms. The fraction of sp³-hybridized carbons (Fsp3) is 0.250. The number of methoxy groups -OCH3 is 1. The van der Waals surface area contributed by atoms with Crippen molar-refractivity contribution in [2.45, 2.75) is 5.03 Å². The molecule has 0 atom stereocenters. The van der Waals surface area contributed by atoms with Crippen molar-refractivity contribution in [2.24, 2.45) is 0 Å². The summed E-state index contributed by atoms with van der Waals surface area (Å²) in [5.41, 5.74) is 0.163. The number of hydrogen-bond donors (Lipinski definition) is 0. The lowest BCUT2D eigenvalue weighted by molar-refractivity contribution is 0.0593. The topological polar surface area (TPSA) is 39.2 Å². The molecule has 1 aromatic heterocycles. The second-order valence-electron chi connectivity index (χ2n) is 2.18. The minimum atomic E-state index is -0.513. The summed E-state index contributed by atoms with van der Waals surface area (Å²) in [4.78, 5) is 15.1. The Balaban J connectivity index is 3.11. The van der Waals surface area contributed by atoms with Crippen LogP contribution < -0.4 is 0 Å². The van der Waals surface area contributed by atoms with Gasteiger partial charge in [-0.1, -0.05) is 11.6 Å². The van der Waals surface area contributed by atoms with Crippen LogP contribution in [0.5, 0.6) is 0 Å². The number of halogens is 1. The molecule has 0 radical (unpaired) electrons. The Hall–Kier alpha value is -0.740. The highest BCUT2D eigenvalue weighted by Gasteiger charge is 2.12. The zero-order chi connectivity index (χ0) is 9.84. The lowest BCUT2D eigenvalue weighted by Gasteiger charge is -2.02. The molecule has 0 saturated heterocycles. The third kappa shape index (κ3) is 2.35. The van der Waals surface area contributed by atoms with Crippen molar-refractivity contribution >= 4 is 29.3 Å². The predicted octanol–water partition coefficient (Wildman–Crippen LogP) is 2.24. The molecule has 0 saturated carbocycles. The quantitative estimate of drug-likeness (QED) is 0.563.